The molecule has 2 unspecified atom stereocenters. The minimum atomic E-state index is -0.513. The third-order valence-corrected chi connectivity index (χ3v) is 6.65. The van der Waals surface area contributed by atoms with Gasteiger partial charge in [-0.25, -0.2) is 4.39 Å². The van der Waals surface area contributed by atoms with Gasteiger partial charge >= 0.3 is 0 Å². The van der Waals surface area contributed by atoms with E-state index in [1.807, 2.05) is 42.6 Å². The number of H-pyrrole nitrogens is 1. The summed E-state index contributed by atoms with van der Waals surface area (Å²) in [6.45, 7) is 2.47. The molecule has 5 nitrogen and oxygen atoms in total. The molecule has 3 aromatic rings. The third kappa shape index (κ3) is 4.91. The van der Waals surface area contributed by atoms with Crippen LogP contribution in [0.25, 0.3) is 16.5 Å². The van der Waals surface area contributed by atoms with Gasteiger partial charge in [0, 0.05) is 35.2 Å². The molecule has 180 valence electrons. The van der Waals surface area contributed by atoms with Gasteiger partial charge < -0.3 is 19.6 Å². The topological polar surface area (TPSA) is 71.6 Å². The monoisotopic (exact) mass is 473 g/mol. The van der Waals surface area contributed by atoms with Gasteiger partial charge in [-0.3, -0.25) is 4.79 Å². The third-order valence-electron chi connectivity index (χ3n) is 6.65. The summed E-state index contributed by atoms with van der Waals surface area (Å²) in [5.41, 5.74) is 4.57. The number of aliphatic hydroxyl groups excluding tert-OH is 1. The zero-order valence-corrected chi connectivity index (χ0v) is 19.5. The van der Waals surface area contributed by atoms with Gasteiger partial charge in [-0.05, 0) is 66.0 Å². The molecular weight excluding hydrogens is 445 g/mol. The van der Waals surface area contributed by atoms with E-state index in [0.717, 1.165) is 22.0 Å². The van der Waals surface area contributed by atoms with Crippen molar-refractivity contribution in [3.8, 4) is 0 Å². The summed E-state index contributed by atoms with van der Waals surface area (Å²) < 4.78 is 26.0. The van der Waals surface area contributed by atoms with Crippen molar-refractivity contribution in [3.05, 3.63) is 101 Å². The van der Waals surface area contributed by atoms with Crippen LogP contribution >= 0.6 is 0 Å². The molecule has 2 N–H and O–H groups in total. The Morgan fingerprint density at radius 3 is 2.89 bits per heavy atom. The van der Waals surface area contributed by atoms with Gasteiger partial charge in [0.1, 0.15) is 18.0 Å². The van der Waals surface area contributed by atoms with E-state index in [1.54, 1.807) is 25.1 Å². The van der Waals surface area contributed by atoms with Gasteiger partial charge in [-0.2, -0.15) is 0 Å². The number of halogens is 1. The van der Waals surface area contributed by atoms with Crippen molar-refractivity contribution in [2.24, 2.45) is 5.92 Å². The predicted molar refractivity (Wildman–Crippen MR) is 133 cm³/mol. The molecule has 6 heteroatoms. The van der Waals surface area contributed by atoms with Gasteiger partial charge in [0.05, 0.1) is 13.2 Å². The Hall–Kier alpha value is -3.32. The Bertz CT molecular complexity index is 1340. The van der Waals surface area contributed by atoms with Gasteiger partial charge in [-0.15, -0.1) is 0 Å². The zero-order chi connectivity index (χ0) is 24.4. The van der Waals surface area contributed by atoms with E-state index >= 15 is 0 Å². The number of rotatable bonds is 7. The second-order valence-electron chi connectivity index (χ2n) is 9.04. The van der Waals surface area contributed by atoms with Crippen molar-refractivity contribution < 1.29 is 23.8 Å². The fraction of sp³-hybridized carbons (Fsp3) is 0.276. The minimum Gasteiger partial charge on any atom is -0.396 e. The van der Waals surface area contributed by atoms with Crippen molar-refractivity contribution in [3.63, 3.8) is 0 Å². The van der Waals surface area contributed by atoms with Crippen molar-refractivity contribution in [2.45, 2.75) is 25.6 Å². The van der Waals surface area contributed by atoms with Crippen LogP contribution in [0.4, 0.5) is 4.39 Å². The number of ketones is 1. The number of allylic oxidation sites excluding steroid dienone is 3. The predicted octanol–water partition coefficient (Wildman–Crippen LogP) is 4.70. The highest BCUT2D eigenvalue weighted by Crippen LogP contribution is 2.32. The maximum atomic E-state index is 14.2. The van der Waals surface area contributed by atoms with Gasteiger partial charge in [-0.1, -0.05) is 36.4 Å². The number of hydrogen-bond donors (Lipinski definition) is 2. The Morgan fingerprint density at radius 1 is 1.23 bits per heavy atom. The van der Waals surface area contributed by atoms with Gasteiger partial charge in [0.25, 0.3) is 0 Å². The average Bonchev–Trinajstić information content (AvgIpc) is 3.30. The van der Waals surface area contributed by atoms with E-state index in [4.69, 9.17) is 9.47 Å². The lowest BCUT2D eigenvalue weighted by molar-refractivity contribution is -0.123. The molecule has 1 aliphatic heterocycles. The Labute approximate surface area is 203 Å². The summed E-state index contributed by atoms with van der Waals surface area (Å²) >= 11 is 0. The summed E-state index contributed by atoms with van der Waals surface area (Å²) in [5, 5.41) is 11.1. The van der Waals surface area contributed by atoms with Crippen LogP contribution in [0.3, 0.4) is 0 Å². The van der Waals surface area contributed by atoms with E-state index in [2.05, 4.69) is 4.98 Å². The standard InChI is InChI=1S/C29H28FNO4/c1-18-6-8-20(14-25(18)30)21-13-24(29-28(15-21)34-10-11-35-29)27(33)9-7-19(17-32)12-22-16-31-26-5-3-2-4-23(22)26/h2-9,13-16,19,28-29,31-32H,10-12,17H2,1H3/b9-7-/t19-,28?,29?/m1/s1. The van der Waals surface area contributed by atoms with Crippen LogP contribution < -0.4 is 0 Å². The second-order valence-corrected chi connectivity index (χ2v) is 9.04. The first-order valence-electron chi connectivity index (χ1n) is 11.8. The number of benzene rings is 2. The molecule has 0 spiro atoms. The second kappa shape index (κ2) is 10.1. The van der Waals surface area contributed by atoms with E-state index in [1.165, 1.54) is 12.1 Å². The maximum Gasteiger partial charge on any atom is 0.184 e. The van der Waals surface area contributed by atoms with E-state index < -0.39 is 12.2 Å². The van der Waals surface area contributed by atoms with E-state index in [0.29, 0.717) is 36.3 Å². The Morgan fingerprint density at radius 2 is 2.06 bits per heavy atom. The lowest BCUT2D eigenvalue weighted by atomic mass is 9.87. The molecular formula is C29H28FNO4. The molecule has 1 aromatic heterocycles. The lowest BCUT2D eigenvalue weighted by Gasteiger charge is -2.34. The van der Waals surface area contributed by atoms with Crippen LogP contribution in [-0.2, 0) is 20.7 Å². The quantitative estimate of drug-likeness (QED) is 0.488. The number of carbonyl (C=O) groups is 1. The van der Waals surface area contributed by atoms with Crippen molar-refractivity contribution in [1.82, 2.24) is 4.98 Å². The number of aliphatic hydroxyl groups is 1. The Balaban J connectivity index is 1.39. The summed E-state index contributed by atoms with van der Waals surface area (Å²) in [6, 6.07) is 13.0. The molecule has 2 aliphatic rings. The number of para-hydroxylation sites is 1. The summed E-state index contributed by atoms with van der Waals surface area (Å²) in [7, 11) is 0. The number of aryl methyl sites for hydroxylation is 1. The van der Waals surface area contributed by atoms with Crippen LogP contribution in [0, 0.1) is 18.7 Å². The molecule has 1 fully saturated rings. The lowest BCUT2D eigenvalue weighted by Crippen LogP contribution is -2.41. The first kappa shape index (κ1) is 23.4. The average molecular weight is 474 g/mol. The zero-order valence-electron chi connectivity index (χ0n) is 19.5. The molecule has 1 aliphatic carbocycles. The van der Waals surface area contributed by atoms with Crippen LogP contribution in [0.2, 0.25) is 0 Å². The fourth-order valence-corrected chi connectivity index (χ4v) is 4.68. The molecule has 2 heterocycles. The van der Waals surface area contributed by atoms with Crippen LogP contribution in [0.1, 0.15) is 16.7 Å². The molecule has 0 radical (unpaired) electrons. The molecule has 35 heavy (non-hydrogen) atoms. The molecule has 0 bridgehead atoms. The maximum absolute atomic E-state index is 14.2. The molecule has 5 rings (SSSR count). The van der Waals surface area contributed by atoms with Gasteiger partial charge in [0.2, 0.25) is 0 Å². The van der Waals surface area contributed by atoms with Crippen LogP contribution in [-0.4, -0.2) is 47.9 Å². The fourth-order valence-electron chi connectivity index (χ4n) is 4.68. The van der Waals surface area contributed by atoms with Crippen LogP contribution in [0.5, 0.6) is 0 Å². The number of nitrogens with one attached hydrogen (secondary N) is 1. The molecule has 0 amide bonds. The highest BCUT2D eigenvalue weighted by molar-refractivity contribution is 6.07. The highest BCUT2D eigenvalue weighted by atomic mass is 19.1. The number of aromatic amines is 1. The number of hydrogen-bond acceptors (Lipinski definition) is 4. The van der Waals surface area contributed by atoms with Crippen LogP contribution in [0.15, 0.2) is 78.5 Å². The Kier molecular flexibility index (Phi) is 6.77. The first-order valence-corrected chi connectivity index (χ1v) is 11.8. The number of carbonyl (C=O) groups excluding carboxylic acids is 1. The number of ether oxygens (including phenoxy) is 2. The summed E-state index contributed by atoms with van der Waals surface area (Å²) in [5.74, 6) is -0.723. The molecule has 3 atom stereocenters. The van der Waals surface area contributed by atoms with Crippen molar-refractivity contribution in [1.29, 1.82) is 0 Å². The van der Waals surface area contributed by atoms with E-state index in [-0.39, 0.29) is 24.1 Å². The molecule has 1 saturated heterocycles. The molecule has 2 aromatic carbocycles. The SMILES string of the molecule is Cc1ccc(C2=CC3OCCOC3C(C(=O)/C=C\[C@@H](CO)Cc3c[nH]c4ccccc34)=C2)cc1F. The highest BCUT2D eigenvalue weighted by Gasteiger charge is 2.34. The normalized spacial score (nSPS) is 21.0. The van der Waals surface area contributed by atoms with Crippen molar-refractivity contribution >= 4 is 22.3 Å². The number of aromatic nitrogens is 1. The van der Waals surface area contributed by atoms with E-state index in [9.17, 15) is 14.3 Å². The largest absolute Gasteiger partial charge is 0.396 e. The summed E-state index contributed by atoms with van der Waals surface area (Å²) in [6.07, 6.45) is 8.54. The van der Waals surface area contributed by atoms with Crippen molar-refractivity contribution in [2.75, 3.05) is 19.8 Å². The number of fused-ring (bicyclic) bond motifs is 2. The smallest absolute Gasteiger partial charge is 0.184 e. The van der Waals surface area contributed by atoms with Gasteiger partial charge in [0.15, 0.2) is 5.78 Å². The minimum absolute atomic E-state index is 0.0816. The molecule has 0 saturated carbocycles. The summed E-state index contributed by atoms with van der Waals surface area (Å²) in [4.78, 5) is 16.6. The first-order chi connectivity index (χ1) is 17.0.